The fraction of sp³-hybridized carbons (Fsp3) is 0.205. The number of aromatic amines is 1. The van der Waals surface area contributed by atoms with Crippen molar-refractivity contribution in [2.45, 2.75) is 58.8 Å². The quantitative estimate of drug-likeness (QED) is 0.0523. The molecule has 13 nitrogen and oxygen atoms in total. The van der Waals surface area contributed by atoms with Crippen molar-refractivity contribution in [2.75, 3.05) is 6.54 Å². The van der Waals surface area contributed by atoms with Crippen molar-refractivity contribution in [3.05, 3.63) is 139 Å². The molecule has 0 saturated carbocycles. The lowest BCUT2D eigenvalue weighted by Crippen LogP contribution is -2.58. The number of carbonyl (C=O) groups is 4. The molecule has 5 aromatic rings. The summed E-state index contributed by atoms with van der Waals surface area (Å²) in [6.07, 6.45) is 1.76. The summed E-state index contributed by atoms with van der Waals surface area (Å²) in [4.78, 5) is 61.8. The maximum absolute atomic E-state index is 13.5. The van der Waals surface area contributed by atoms with E-state index in [2.05, 4.69) is 55.5 Å². The topological polar surface area (TPSA) is 212 Å². The van der Waals surface area contributed by atoms with E-state index in [0.717, 1.165) is 14.7 Å². The van der Waals surface area contributed by atoms with Gasteiger partial charge in [0, 0.05) is 30.3 Å². The highest BCUT2D eigenvalue weighted by atomic mass is 32.2. The van der Waals surface area contributed by atoms with Crippen LogP contribution >= 0.6 is 0 Å². The van der Waals surface area contributed by atoms with Crippen LogP contribution in [0.2, 0.25) is 0 Å². The number of rotatable bonds is 17. The number of aromatic nitrogens is 2. The molecule has 0 saturated heterocycles. The zero-order valence-electron chi connectivity index (χ0n) is 28.9. The van der Waals surface area contributed by atoms with Crippen LogP contribution in [0.15, 0.2) is 136 Å². The Labute approximate surface area is 309 Å². The van der Waals surface area contributed by atoms with Gasteiger partial charge in [0.05, 0.1) is 35.9 Å². The average Bonchev–Trinajstić information content (AvgIpc) is 3.68. The molecule has 4 amide bonds. The summed E-state index contributed by atoms with van der Waals surface area (Å²) in [6, 6.07) is 30.6. The van der Waals surface area contributed by atoms with Gasteiger partial charge in [0.25, 0.3) is 5.91 Å². The van der Waals surface area contributed by atoms with Gasteiger partial charge in [-0.05, 0) is 73.2 Å². The van der Waals surface area contributed by atoms with Crippen molar-refractivity contribution in [2.24, 2.45) is 5.73 Å². The summed E-state index contributed by atoms with van der Waals surface area (Å²) in [5.41, 5.74) is 7.14. The smallest absolute Gasteiger partial charge is 0.251 e. The van der Waals surface area contributed by atoms with Crippen molar-refractivity contribution in [1.82, 2.24) is 31.2 Å². The van der Waals surface area contributed by atoms with Crippen LogP contribution in [0.3, 0.4) is 0 Å². The Morgan fingerprint density at radius 3 is 1.96 bits per heavy atom. The van der Waals surface area contributed by atoms with Crippen molar-refractivity contribution < 1.29 is 29.4 Å². The molecule has 14 heteroatoms. The van der Waals surface area contributed by atoms with Gasteiger partial charge in [-0.1, -0.05) is 48.5 Å². The van der Waals surface area contributed by atoms with Crippen LogP contribution in [0, 0.1) is 0 Å². The van der Waals surface area contributed by atoms with E-state index in [1.807, 2.05) is 48.5 Å². The first kappa shape index (κ1) is 38.3. The van der Waals surface area contributed by atoms with E-state index in [9.17, 15) is 29.4 Å². The molecule has 0 radical (unpaired) electrons. The second-order valence-corrected chi connectivity index (χ2v) is 14.3. The van der Waals surface area contributed by atoms with Crippen LogP contribution in [0.25, 0.3) is 0 Å². The lowest BCUT2D eigenvalue weighted by molar-refractivity contribution is -0.129. The molecular formula is C39H42N7O6S+. The van der Waals surface area contributed by atoms with Crippen LogP contribution in [-0.2, 0) is 38.1 Å². The predicted molar refractivity (Wildman–Crippen MR) is 200 cm³/mol. The van der Waals surface area contributed by atoms with Gasteiger partial charge >= 0.3 is 0 Å². The van der Waals surface area contributed by atoms with Crippen molar-refractivity contribution >= 4 is 34.5 Å². The van der Waals surface area contributed by atoms with Gasteiger partial charge in [-0.15, -0.1) is 0 Å². The molecule has 0 fully saturated rings. The highest BCUT2D eigenvalue weighted by molar-refractivity contribution is 7.97. The SMILES string of the molecule is C[C@H](NC(=O)[C@H](Cc1ccc(O)cc1)NC(=O)CNC(=O)c1ccc([S+](c2ccccc2)c2ccccc2)cc1)C(O)N[C@@H](Cc1cnc[nH]1)C(N)=O. The molecule has 4 atom stereocenters. The maximum Gasteiger partial charge on any atom is 0.251 e. The Balaban J connectivity index is 1.21. The second kappa shape index (κ2) is 18.5. The standard InChI is InChI=1S/C39H41N7O6S/c1-25(37(50)46-33(36(40)49)21-28-22-41-24-43-28)44-39(52)34(20-26-12-16-29(47)17-13-26)45-35(48)23-42-38(51)27-14-18-32(19-15-27)53(30-8-4-2-5-9-30)31-10-6-3-7-11-31/h2-19,22,24-25,33-34,37,46,50H,20-21,23H2,1H3,(H6-,40,41,42,43,44,45,47,48,49,51,52)/p+1/t25-,33-,34-,37?/m0/s1. The number of phenolic OH excluding ortho intramolecular Hbond substituents is 1. The van der Waals surface area contributed by atoms with Gasteiger partial charge in [-0.3, -0.25) is 24.5 Å². The first-order valence-corrected chi connectivity index (χ1v) is 18.1. The van der Waals surface area contributed by atoms with E-state index >= 15 is 0 Å². The largest absolute Gasteiger partial charge is 0.508 e. The molecule has 5 rings (SSSR count). The van der Waals surface area contributed by atoms with E-state index in [1.165, 1.54) is 31.6 Å². The third-order valence-electron chi connectivity index (χ3n) is 8.29. The second-order valence-electron chi connectivity index (χ2n) is 12.3. The van der Waals surface area contributed by atoms with E-state index in [0.29, 0.717) is 16.8 Å². The molecule has 9 N–H and O–H groups in total. The molecule has 0 aliphatic carbocycles. The van der Waals surface area contributed by atoms with Crippen molar-refractivity contribution in [3.8, 4) is 5.75 Å². The van der Waals surface area contributed by atoms with Gasteiger partial charge in [-0.2, -0.15) is 0 Å². The van der Waals surface area contributed by atoms with E-state index in [4.69, 9.17) is 5.73 Å². The van der Waals surface area contributed by atoms with Gasteiger partial charge in [-0.25, -0.2) is 4.98 Å². The average molecular weight is 737 g/mol. The van der Waals surface area contributed by atoms with E-state index in [1.54, 1.807) is 24.3 Å². The molecule has 0 spiro atoms. The third kappa shape index (κ3) is 11.0. The van der Waals surface area contributed by atoms with Crippen LogP contribution < -0.4 is 27.0 Å². The molecule has 0 aliphatic rings. The number of hydrogen-bond donors (Lipinski definition) is 8. The highest BCUT2D eigenvalue weighted by Crippen LogP contribution is 2.31. The Morgan fingerprint density at radius 1 is 0.792 bits per heavy atom. The number of imidazole rings is 1. The van der Waals surface area contributed by atoms with Crippen LogP contribution in [0.4, 0.5) is 0 Å². The van der Waals surface area contributed by atoms with Gasteiger partial charge in [0.1, 0.15) is 18.0 Å². The number of nitrogens with zero attached hydrogens (tertiary/aromatic N) is 1. The number of hydrogen-bond acceptors (Lipinski definition) is 8. The lowest BCUT2D eigenvalue weighted by atomic mass is 10.0. The first-order chi connectivity index (χ1) is 25.6. The molecule has 274 valence electrons. The Morgan fingerprint density at radius 2 is 1.40 bits per heavy atom. The fourth-order valence-corrected chi connectivity index (χ4v) is 7.54. The van der Waals surface area contributed by atoms with Gasteiger partial charge in [0.2, 0.25) is 17.7 Å². The number of nitrogens with one attached hydrogen (secondary N) is 5. The van der Waals surface area contributed by atoms with E-state index in [-0.39, 0.29) is 29.5 Å². The monoisotopic (exact) mass is 736 g/mol. The minimum absolute atomic E-state index is 0.0348. The number of phenols is 1. The first-order valence-electron chi connectivity index (χ1n) is 16.9. The molecule has 0 bridgehead atoms. The van der Waals surface area contributed by atoms with Crippen LogP contribution in [-0.4, -0.2) is 74.7 Å². The number of aliphatic hydroxyl groups is 1. The Hall–Kier alpha value is -5.96. The normalized spacial score (nSPS) is 13.3. The maximum atomic E-state index is 13.5. The molecule has 4 aromatic carbocycles. The number of H-pyrrole nitrogens is 1. The Kier molecular flexibility index (Phi) is 13.4. The minimum Gasteiger partial charge on any atom is -0.508 e. The number of nitrogens with two attached hydrogens (primary N) is 1. The number of benzene rings is 4. The summed E-state index contributed by atoms with van der Waals surface area (Å²) < 4.78 is 0. The van der Waals surface area contributed by atoms with Crippen molar-refractivity contribution in [1.29, 1.82) is 0 Å². The fourth-order valence-electron chi connectivity index (χ4n) is 5.46. The Bertz CT molecular complexity index is 1910. The molecule has 1 aromatic heterocycles. The lowest BCUT2D eigenvalue weighted by Gasteiger charge is -2.27. The van der Waals surface area contributed by atoms with Gasteiger partial charge < -0.3 is 36.9 Å². The van der Waals surface area contributed by atoms with Gasteiger partial charge in [0.15, 0.2) is 14.7 Å². The number of amides is 4. The summed E-state index contributed by atoms with van der Waals surface area (Å²) in [5, 5.41) is 31.2. The summed E-state index contributed by atoms with van der Waals surface area (Å²) in [7, 11) is -0.388. The number of primary amides is 1. The zero-order chi connectivity index (χ0) is 37.7. The number of carbonyl (C=O) groups excluding carboxylic acids is 4. The number of aromatic hydroxyl groups is 1. The van der Waals surface area contributed by atoms with Crippen molar-refractivity contribution in [3.63, 3.8) is 0 Å². The molecular weight excluding hydrogens is 695 g/mol. The third-order valence-corrected chi connectivity index (χ3v) is 10.5. The number of aliphatic hydroxyl groups excluding tert-OH is 1. The van der Waals surface area contributed by atoms with Crippen LogP contribution in [0.1, 0.15) is 28.5 Å². The molecule has 0 aliphatic heterocycles. The highest BCUT2D eigenvalue weighted by Gasteiger charge is 2.30. The molecule has 53 heavy (non-hydrogen) atoms. The molecule has 1 unspecified atom stereocenters. The predicted octanol–water partition coefficient (Wildman–Crippen LogP) is 2.18. The zero-order valence-corrected chi connectivity index (χ0v) is 29.8. The minimum atomic E-state index is -1.38. The van der Waals surface area contributed by atoms with Crippen LogP contribution in [0.5, 0.6) is 5.75 Å². The summed E-state index contributed by atoms with van der Waals surface area (Å²) in [6.45, 7) is 1.11. The molecule has 1 heterocycles. The van der Waals surface area contributed by atoms with E-state index < -0.39 is 54.5 Å². The summed E-state index contributed by atoms with van der Waals surface area (Å²) >= 11 is 0. The summed E-state index contributed by atoms with van der Waals surface area (Å²) in [5.74, 6) is -2.39.